The third-order valence-corrected chi connectivity index (χ3v) is 3.89. The van der Waals surface area contributed by atoms with E-state index in [-0.39, 0.29) is 5.78 Å². The first-order valence-electron chi connectivity index (χ1n) is 7.11. The fraction of sp³-hybridized carbons (Fsp3) is 0.278. The number of carbonyl (C=O) groups is 1. The number of fused-ring (bicyclic) bond motifs is 1. The lowest BCUT2D eigenvalue weighted by atomic mass is 9.79. The molecule has 0 amide bonds. The number of benzene rings is 2. The number of rotatable bonds is 3. The van der Waals surface area contributed by atoms with Crippen molar-refractivity contribution in [2.45, 2.75) is 25.8 Å². The average molecular weight is 265 g/mol. The van der Waals surface area contributed by atoms with Gasteiger partial charge in [0.2, 0.25) is 0 Å². The first-order valence-corrected chi connectivity index (χ1v) is 7.11. The molecule has 0 spiro atoms. The van der Waals surface area contributed by atoms with Crippen LogP contribution in [0, 0.1) is 5.92 Å². The van der Waals surface area contributed by atoms with Gasteiger partial charge in [-0.1, -0.05) is 56.3 Å². The van der Waals surface area contributed by atoms with E-state index in [0.717, 1.165) is 23.2 Å². The first-order chi connectivity index (χ1) is 9.63. The fourth-order valence-corrected chi connectivity index (χ4v) is 3.11. The molecule has 0 aliphatic carbocycles. The van der Waals surface area contributed by atoms with Crippen LogP contribution >= 0.6 is 0 Å². The predicted octanol–water partition coefficient (Wildman–Crippen LogP) is 4.24. The molecule has 0 saturated heterocycles. The van der Waals surface area contributed by atoms with Crippen molar-refractivity contribution in [3.8, 4) is 0 Å². The Morgan fingerprint density at radius 3 is 2.30 bits per heavy atom. The molecule has 102 valence electrons. The second kappa shape index (κ2) is 4.78. The summed E-state index contributed by atoms with van der Waals surface area (Å²) in [6.07, 6.45) is 0.796. The molecule has 1 atom stereocenters. The number of anilines is 1. The molecule has 3 rings (SSSR count). The zero-order valence-corrected chi connectivity index (χ0v) is 11.9. The Labute approximate surface area is 119 Å². The Morgan fingerprint density at radius 2 is 1.65 bits per heavy atom. The largest absolute Gasteiger partial charge is 0.368 e. The highest BCUT2D eigenvalue weighted by atomic mass is 16.1. The summed E-state index contributed by atoms with van der Waals surface area (Å²) in [6, 6.07) is 17.8. The van der Waals surface area contributed by atoms with E-state index in [1.165, 1.54) is 0 Å². The molecule has 2 heteroatoms. The Balaban J connectivity index is 2.13. The maximum Gasteiger partial charge on any atom is 0.194 e. The minimum absolute atomic E-state index is 0.188. The summed E-state index contributed by atoms with van der Waals surface area (Å²) in [7, 11) is 0. The molecule has 2 aromatic carbocycles. The van der Waals surface area contributed by atoms with Gasteiger partial charge in [-0.15, -0.1) is 0 Å². The van der Waals surface area contributed by atoms with Crippen molar-refractivity contribution in [1.29, 1.82) is 0 Å². The lowest BCUT2D eigenvalue weighted by Crippen LogP contribution is -2.39. The van der Waals surface area contributed by atoms with Crippen LogP contribution < -0.4 is 5.32 Å². The molecule has 2 nitrogen and oxygen atoms in total. The van der Waals surface area contributed by atoms with Crippen molar-refractivity contribution < 1.29 is 4.79 Å². The molecule has 1 N–H and O–H groups in total. The van der Waals surface area contributed by atoms with Crippen molar-refractivity contribution in [3.63, 3.8) is 0 Å². The maximum atomic E-state index is 13.0. The van der Waals surface area contributed by atoms with Crippen LogP contribution in [0.5, 0.6) is 0 Å². The number of nitrogens with one attached hydrogen (secondary N) is 1. The van der Waals surface area contributed by atoms with Crippen LogP contribution in [0.1, 0.15) is 36.2 Å². The number of ketones is 1. The van der Waals surface area contributed by atoms with Gasteiger partial charge in [-0.2, -0.15) is 0 Å². The zero-order valence-electron chi connectivity index (χ0n) is 11.9. The van der Waals surface area contributed by atoms with Crippen molar-refractivity contribution in [2.75, 3.05) is 5.32 Å². The Bertz CT molecular complexity index is 633. The van der Waals surface area contributed by atoms with Crippen LogP contribution in [0.25, 0.3) is 0 Å². The van der Waals surface area contributed by atoms with E-state index in [2.05, 4.69) is 19.2 Å². The highest BCUT2D eigenvalue weighted by molar-refractivity contribution is 6.13. The molecule has 1 aliphatic heterocycles. The summed E-state index contributed by atoms with van der Waals surface area (Å²) < 4.78 is 0. The Kier molecular flexibility index (Phi) is 3.09. The highest BCUT2D eigenvalue weighted by Gasteiger charge is 2.46. The molecule has 2 aromatic rings. The van der Waals surface area contributed by atoms with E-state index < -0.39 is 5.54 Å². The lowest BCUT2D eigenvalue weighted by Gasteiger charge is -2.31. The minimum Gasteiger partial charge on any atom is -0.368 e. The SMILES string of the molecule is CC(C)CC1(c2ccccc2)Nc2ccccc2C1=O. The van der Waals surface area contributed by atoms with Crippen molar-refractivity contribution in [3.05, 3.63) is 65.7 Å². The van der Waals surface area contributed by atoms with Crippen molar-refractivity contribution in [2.24, 2.45) is 5.92 Å². The quantitative estimate of drug-likeness (QED) is 0.899. The third kappa shape index (κ3) is 1.92. The van der Waals surface area contributed by atoms with E-state index in [0.29, 0.717) is 5.92 Å². The second-order valence-electron chi connectivity index (χ2n) is 5.87. The van der Waals surface area contributed by atoms with E-state index >= 15 is 0 Å². The summed E-state index contributed by atoms with van der Waals surface area (Å²) in [4.78, 5) is 13.0. The topological polar surface area (TPSA) is 29.1 Å². The van der Waals surface area contributed by atoms with Gasteiger partial charge in [0.25, 0.3) is 0 Å². The smallest absolute Gasteiger partial charge is 0.194 e. The summed E-state index contributed by atoms with van der Waals surface area (Å²) in [5.74, 6) is 0.619. The lowest BCUT2D eigenvalue weighted by molar-refractivity contribution is 0.0899. The number of para-hydroxylation sites is 1. The molecule has 0 aromatic heterocycles. The first kappa shape index (κ1) is 12.9. The van der Waals surface area contributed by atoms with Crippen LogP contribution in [-0.2, 0) is 5.54 Å². The van der Waals surface area contributed by atoms with Crippen LogP contribution in [0.2, 0.25) is 0 Å². The zero-order chi connectivity index (χ0) is 14.2. The predicted molar refractivity (Wildman–Crippen MR) is 82.0 cm³/mol. The molecule has 0 fully saturated rings. The average Bonchev–Trinajstić information content (AvgIpc) is 2.74. The van der Waals surface area contributed by atoms with Crippen molar-refractivity contribution >= 4 is 11.5 Å². The van der Waals surface area contributed by atoms with Crippen LogP contribution in [0.15, 0.2) is 54.6 Å². The van der Waals surface area contributed by atoms with Gasteiger partial charge < -0.3 is 5.32 Å². The molecule has 0 bridgehead atoms. The fourth-order valence-electron chi connectivity index (χ4n) is 3.11. The maximum absolute atomic E-state index is 13.0. The van der Waals surface area contributed by atoms with Gasteiger partial charge in [0.1, 0.15) is 5.54 Å². The summed E-state index contributed by atoms with van der Waals surface area (Å²) in [5, 5.41) is 3.50. The standard InChI is InChI=1S/C18H19NO/c1-13(2)12-18(14-8-4-3-5-9-14)17(20)15-10-6-7-11-16(15)19-18/h3-11,13,19H,12H2,1-2H3. The van der Waals surface area contributed by atoms with Gasteiger partial charge in [-0.25, -0.2) is 0 Å². The van der Waals surface area contributed by atoms with Gasteiger partial charge in [0.15, 0.2) is 5.78 Å². The molecule has 20 heavy (non-hydrogen) atoms. The van der Waals surface area contributed by atoms with Gasteiger partial charge >= 0.3 is 0 Å². The monoisotopic (exact) mass is 265 g/mol. The molecule has 0 radical (unpaired) electrons. The highest BCUT2D eigenvalue weighted by Crippen LogP contribution is 2.42. The number of Topliss-reactive ketones (excluding diaryl/α,β-unsaturated/α-hetero) is 1. The Morgan fingerprint density at radius 1 is 1.00 bits per heavy atom. The van der Waals surface area contributed by atoms with Crippen LogP contribution in [0.4, 0.5) is 5.69 Å². The molecular weight excluding hydrogens is 246 g/mol. The van der Waals surface area contributed by atoms with Crippen molar-refractivity contribution in [1.82, 2.24) is 0 Å². The van der Waals surface area contributed by atoms with Gasteiger partial charge in [0, 0.05) is 11.3 Å². The summed E-state index contributed by atoms with van der Waals surface area (Å²) in [5.41, 5.74) is 2.19. The number of hydrogen-bond donors (Lipinski definition) is 1. The molecule has 1 aliphatic rings. The summed E-state index contributed by atoms with van der Waals surface area (Å²) in [6.45, 7) is 4.31. The molecule has 1 unspecified atom stereocenters. The number of hydrogen-bond acceptors (Lipinski definition) is 2. The van der Waals surface area contributed by atoms with E-state index in [1.54, 1.807) is 0 Å². The third-order valence-electron chi connectivity index (χ3n) is 3.89. The second-order valence-corrected chi connectivity index (χ2v) is 5.87. The van der Waals surface area contributed by atoms with Crippen LogP contribution in [0.3, 0.4) is 0 Å². The van der Waals surface area contributed by atoms with Gasteiger partial charge in [0.05, 0.1) is 0 Å². The molecule has 1 heterocycles. The van der Waals surface area contributed by atoms with E-state index in [1.807, 2.05) is 54.6 Å². The van der Waals surface area contributed by atoms with Gasteiger partial charge in [-0.3, -0.25) is 4.79 Å². The molecule has 0 saturated carbocycles. The number of carbonyl (C=O) groups excluding carboxylic acids is 1. The minimum atomic E-state index is -0.612. The molecular formula is C18H19NO. The normalized spacial score (nSPS) is 20.9. The van der Waals surface area contributed by atoms with Crippen LogP contribution in [-0.4, -0.2) is 5.78 Å². The Hall–Kier alpha value is -2.09. The van der Waals surface area contributed by atoms with Gasteiger partial charge in [-0.05, 0) is 30.0 Å². The van der Waals surface area contributed by atoms with E-state index in [9.17, 15) is 4.79 Å². The summed E-state index contributed by atoms with van der Waals surface area (Å²) >= 11 is 0. The van der Waals surface area contributed by atoms with E-state index in [4.69, 9.17) is 0 Å².